The minimum Gasteiger partial charge on any atom is -0.383 e. The fourth-order valence-corrected chi connectivity index (χ4v) is 1.75. The maximum absolute atomic E-state index is 9.13. The van der Waals surface area contributed by atoms with Gasteiger partial charge in [0.2, 0.25) is 0 Å². The zero-order valence-electron chi connectivity index (χ0n) is 9.20. The Kier molecular flexibility index (Phi) is 2.37. The fourth-order valence-electron chi connectivity index (χ4n) is 1.75. The van der Waals surface area contributed by atoms with Gasteiger partial charge in [-0.3, -0.25) is 0 Å². The number of pyridine rings is 1. The van der Waals surface area contributed by atoms with E-state index in [1.807, 2.05) is 32.2 Å². The van der Waals surface area contributed by atoms with Crippen molar-refractivity contribution in [3.63, 3.8) is 0 Å². The lowest BCUT2D eigenvalue weighted by atomic mass is 9.99. The Labute approximate surface area is 93.7 Å². The van der Waals surface area contributed by atoms with Crippen molar-refractivity contribution in [1.29, 1.82) is 5.26 Å². The third-order valence-corrected chi connectivity index (χ3v) is 2.69. The maximum atomic E-state index is 9.13. The number of nitrogens with zero attached hydrogens (tertiary/aromatic N) is 2. The smallest absolute Gasteiger partial charge is 0.142 e. The Hall–Kier alpha value is -2.28. The molecule has 0 bridgehead atoms. The number of aromatic nitrogens is 2. The first-order valence-electron chi connectivity index (χ1n) is 4.95. The summed E-state index contributed by atoms with van der Waals surface area (Å²) >= 11 is 0. The number of hydrogen-bond donors (Lipinski definition) is 2. The third kappa shape index (κ3) is 1.43. The molecule has 0 saturated heterocycles. The van der Waals surface area contributed by atoms with Crippen LogP contribution in [-0.2, 0) is 0 Å². The molecule has 0 radical (unpaired) electrons. The maximum Gasteiger partial charge on any atom is 0.142 e. The van der Waals surface area contributed by atoms with Crippen LogP contribution in [0, 0.1) is 25.2 Å². The van der Waals surface area contributed by atoms with Crippen LogP contribution in [0.1, 0.15) is 16.8 Å². The van der Waals surface area contributed by atoms with Gasteiger partial charge < -0.3 is 10.7 Å². The molecule has 0 unspecified atom stereocenters. The second-order valence-corrected chi connectivity index (χ2v) is 3.65. The summed E-state index contributed by atoms with van der Waals surface area (Å²) in [5, 5.41) is 9.13. The van der Waals surface area contributed by atoms with Crippen molar-refractivity contribution in [1.82, 2.24) is 9.97 Å². The summed E-state index contributed by atoms with van der Waals surface area (Å²) in [6.45, 7) is 3.83. The lowest BCUT2D eigenvalue weighted by Gasteiger charge is -2.10. The number of nitrogens with one attached hydrogen (secondary N) is 1. The zero-order valence-corrected chi connectivity index (χ0v) is 9.20. The quantitative estimate of drug-likeness (QED) is 0.760. The monoisotopic (exact) mass is 212 g/mol. The van der Waals surface area contributed by atoms with Gasteiger partial charge in [-0.05, 0) is 31.5 Å². The van der Waals surface area contributed by atoms with Gasteiger partial charge in [-0.2, -0.15) is 5.26 Å². The normalized spacial score (nSPS) is 10.1. The molecule has 80 valence electrons. The molecule has 2 aromatic heterocycles. The van der Waals surface area contributed by atoms with E-state index < -0.39 is 0 Å². The van der Waals surface area contributed by atoms with E-state index in [0.29, 0.717) is 5.56 Å². The number of rotatable bonds is 1. The summed E-state index contributed by atoms with van der Waals surface area (Å²) < 4.78 is 0. The first-order chi connectivity index (χ1) is 7.65. The van der Waals surface area contributed by atoms with Gasteiger partial charge in [-0.25, -0.2) is 4.98 Å². The van der Waals surface area contributed by atoms with Crippen molar-refractivity contribution in [2.45, 2.75) is 13.8 Å². The molecule has 2 aromatic rings. The molecule has 0 fully saturated rings. The lowest BCUT2D eigenvalue weighted by molar-refractivity contribution is 1.15. The first-order valence-corrected chi connectivity index (χ1v) is 4.95. The van der Waals surface area contributed by atoms with Crippen molar-refractivity contribution in [3.8, 4) is 17.3 Å². The number of nitrogen functional groups attached to an aromatic ring is 1. The van der Waals surface area contributed by atoms with Crippen LogP contribution >= 0.6 is 0 Å². The van der Waals surface area contributed by atoms with E-state index in [-0.39, 0.29) is 5.82 Å². The van der Waals surface area contributed by atoms with Crippen LogP contribution in [0.4, 0.5) is 5.82 Å². The molecule has 0 aromatic carbocycles. The number of nitriles is 1. The van der Waals surface area contributed by atoms with E-state index in [4.69, 9.17) is 11.0 Å². The molecule has 0 aliphatic rings. The number of aryl methyl sites for hydroxylation is 1. The van der Waals surface area contributed by atoms with Crippen molar-refractivity contribution >= 4 is 5.82 Å². The van der Waals surface area contributed by atoms with E-state index in [1.165, 1.54) is 0 Å². The Balaban J connectivity index is 2.82. The summed E-state index contributed by atoms with van der Waals surface area (Å²) in [6.07, 6.45) is 1.82. The summed E-state index contributed by atoms with van der Waals surface area (Å²) in [5.41, 5.74) is 9.76. The molecule has 0 saturated carbocycles. The minimum atomic E-state index is 0.287. The van der Waals surface area contributed by atoms with Crippen molar-refractivity contribution in [2.75, 3.05) is 5.73 Å². The SMILES string of the molecule is Cc1nc(N)c(C#N)c(-c2ccc[nH]2)c1C. The highest BCUT2D eigenvalue weighted by Gasteiger charge is 2.15. The number of aromatic amines is 1. The third-order valence-electron chi connectivity index (χ3n) is 2.69. The van der Waals surface area contributed by atoms with Gasteiger partial charge in [-0.1, -0.05) is 0 Å². The molecular weight excluding hydrogens is 200 g/mol. The summed E-state index contributed by atoms with van der Waals surface area (Å²) in [5.74, 6) is 0.287. The summed E-state index contributed by atoms with van der Waals surface area (Å²) in [7, 11) is 0. The van der Waals surface area contributed by atoms with Gasteiger partial charge in [0.15, 0.2) is 0 Å². The Bertz CT molecular complexity index is 562. The van der Waals surface area contributed by atoms with E-state index >= 15 is 0 Å². The molecule has 2 rings (SSSR count). The van der Waals surface area contributed by atoms with Crippen LogP contribution in [0.2, 0.25) is 0 Å². The molecule has 0 aliphatic heterocycles. The Morgan fingerprint density at radius 3 is 2.75 bits per heavy atom. The molecule has 4 nitrogen and oxygen atoms in total. The van der Waals surface area contributed by atoms with Crippen molar-refractivity contribution in [2.24, 2.45) is 0 Å². The topological polar surface area (TPSA) is 78.5 Å². The second kappa shape index (κ2) is 3.70. The molecule has 2 heterocycles. The van der Waals surface area contributed by atoms with E-state index in [2.05, 4.69) is 16.0 Å². The van der Waals surface area contributed by atoms with Crippen LogP contribution in [0.5, 0.6) is 0 Å². The van der Waals surface area contributed by atoms with E-state index in [9.17, 15) is 0 Å². The summed E-state index contributed by atoms with van der Waals surface area (Å²) in [4.78, 5) is 7.24. The van der Waals surface area contributed by atoms with Gasteiger partial charge in [0, 0.05) is 23.1 Å². The zero-order chi connectivity index (χ0) is 11.7. The molecule has 0 amide bonds. The molecule has 0 spiro atoms. The average molecular weight is 212 g/mol. The highest BCUT2D eigenvalue weighted by Crippen LogP contribution is 2.29. The molecule has 4 heteroatoms. The van der Waals surface area contributed by atoms with Gasteiger partial charge in [0.25, 0.3) is 0 Å². The molecule has 0 atom stereocenters. The number of hydrogen-bond acceptors (Lipinski definition) is 3. The number of nitrogens with two attached hydrogens (primary N) is 1. The average Bonchev–Trinajstić information content (AvgIpc) is 2.76. The van der Waals surface area contributed by atoms with Gasteiger partial charge in [-0.15, -0.1) is 0 Å². The fraction of sp³-hybridized carbons (Fsp3) is 0.167. The predicted octanol–water partition coefficient (Wildman–Crippen LogP) is 2.15. The van der Waals surface area contributed by atoms with E-state index in [1.54, 1.807) is 0 Å². The largest absolute Gasteiger partial charge is 0.383 e. The van der Waals surface area contributed by atoms with Crippen molar-refractivity contribution < 1.29 is 0 Å². The highest BCUT2D eigenvalue weighted by atomic mass is 14.8. The molecule has 0 aliphatic carbocycles. The van der Waals surface area contributed by atoms with Gasteiger partial charge >= 0.3 is 0 Å². The Morgan fingerprint density at radius 1 is 1.44 bits per heavy atom. The van der Waals surface area contributed by atoms with Gasteiger partial charge in [0.1, 0.15) is 17.5 Å². The van der Waals surface area contributed by atoms with E-state index in [0.717, 1.165) is 22.5 Å². The predicted molar refractivity (Wildman–Crippen MR) is 62.6 cm³/mol. The molecule has 16 heavy (non-hydrogen) atoms. The number of anilines is 1. The number of H-pyrrole nitrogens is 1. The standard InChI is InChI=1S/C12H12N4/c1-7-8(2)16-12(14)9(6-13)11(7)10-4-3-5-15-10/h3-5,15H,1-2H3,(H2,14,16). The second-order valence-electron chi connectivity index (χ2n) is 3.65. The first kappa shape index (κ1) is 10.2. The van der Waals surface area contributed by atoms with Crippen LogP contribution < -0.4 is 5.73 Å². The van der Waals surface area contributed by atoms with Crippen LogP contribution in [0.3, 0.4) is 0 Å². The minimum absolute atomic E-state index is 0.287. The van der Waals surface area contributed by atoms with Crippen LogP contribution in [0.25, 0.3) is 11.3 Å². The summed E-state index contributed by atoms with van der Waals surface area (Å²) in [6, 6.07) is 5.92. The molecule has 3 N–H and O–H groups in total. The van der Waals surface area contributed by atoms with Crippen LogP contribution in [0.15, 0.2) is 18.3 Å². The Morgan fingerprint density at radius 2 is 2.19 bits per heavy atom. The molecular formula is C12H12N4. The lowest BCUT2D eigenvalue weighted by Crippen LogP contribution is -2.02. The van der Waals surface area contributed by atoms with Gasteiger partial charge in [0.05, 0.1) is 0 Å². The van der Waals surface area contributed by atoms with Crippen LogP contribution in [-0.4, -0.2) is 9.97 Å². The highest BCUT2D eigenvalue weighted by molar-refractivity contribution is 5.76. The van der Waals surface area contributed by atoms with Crippen molar-refractivity contribution in [3.05, 3.63) is 35.2 Å².